The molecule has 0 saturated carbocycles. The average Bonchev–Trinajstić information content (AvgIpc) is 3.33. The molecule has 4 N–H and O–H groups in total. The number of benzene rings is 2. The van der Waals surface area contributed by atoms with Crippen molar-refractivity contribution in [3.05, 3.63) is 60.4 Å². The number of hydrogen-bond donors (Lipinski definition) is 3. The molecule has 3 aromatic rings. The van der Waals surface area contributed by atoms with Crippen LogP contribution in [0, 0.1) is 0 Å². The molecular weight excluding hydrogens is 392 g/mol. The Labute approximate surface area is 183 Å². The second-order valence-electron chi connectivity index (χ2n) is 7.22. The number of nitrogens with one attached hydrogen (secondary N) is 2. The van der Waals surface area contributed by atoms with E-state index in [1.54, 1.807) is 18.2 Å². The number of ether oxygens (including phenoxy) is 1. The maximum atomic E-state index is 13.1. The van der Waals surface area contributed by atoms with Crippen molar-refractivity contribution < 1.29 is 9.53 Å². The molecule has 8 heteroatoms. The predicted octanol–water partition coefficient (Wildman–Crippen LogP) is 3.53. The second-order valence-corrected chi connectivity index (χ2v) is 7.22. The van der Waals surface area contributed by atoms with E-state index in [0.29, 0.717) is 26.2 Å². The van der Waals surface area contributed by atoms with Gasteiger partial charge in [0.25, 0.3) is 0 Å². The molecule has 164 valence electrons. The van der Waals surface area contributed by atoms with Crippen molar-refractivity contribution in [2.24, 2.45) is 5.73 Å². The Hall–Kier alpha value is -3.52. The SMILES string of the molecule is CCN(Cc1cccc(OC)c1)C(=O)Nc1ccc(-c2cn[nH]c2)cc1N(C)CCN. The first-order valence-corrected chi connectivity index (χ1v) is 10.3. The number of aromatic nitrogens is 2. The number of urea groups is 1. The van der Waals surface area contributed by atoms with Gasteiger partial charge >= 0.3 is 6.03 Å². The lowest BCUT2D eigenvalue weighted by Gasteiger charge is -2.26. The van der Waals surface area contributed by atoms with Gasteiger partial charge in [-0.15, -0.1) is 0 Å². The summed E-state index contributed by atoms with van der Waals surface area (Å²) in [5.41, 5.74) is 10.4. The molecule has 2 aromatic carbocycles. The number of carbonyl (C=O) groups is 1. The normalized spacial score (nSPS) is 10.6. The third kappa shape index (κ3) is 5.55. The summed E-state index contributed by atoms with van der Waals surface area (Å²) in [7, 11) is 3.60. The molecule has 0 saturated heterocycles. The minimum absolute atomic E-state index is 0.163. The summed E-state index contributed by atoms with van der Waals surface area (Å²) in [5, 5.41) is 9.93. The molecule has 3 rings (SSSR count). The number of likely N-dealkylation sites (N-methyl/N-ethyl adjacent to an activating group) is 1. The number of nitrogens with zero attached hydrogens (tertiary/aromatic N) is 3. The highest BCUT2D eigenvalue weighted by molar-refractivity contribution is 5.94. The summed E-state index contributed by atoms with van der Waals surface area (Å²) in [5.74, 6) is 0.773. The Morgan fingerprint density at radius 2 is 2.06 bits per heavy atom. The standard InChI is InChI=1S/C23H30N6O2/c1-4-29(16-17-6-5-7-20(12-17)31-3)23(30)27-21-9-8-18(19-14-25-26-15-19)13-22(21)28(2)11-10-24/h5-9,12-15H,4,10-11,16,24H2,1-3H3,(H,25,26)(H,27,30). The van der Waals surface area contributed by atoms with Gasteiger partial charge in [-0.3, -0.25) is 5.10 Å². The number of methoxy groups -OCH3 is 1. The molecule has 0 unspecified atom stereocenters. The molecule has 0 aliphatic rings. The lowest BCUT2D eigenvalue weighted by Crippen LogP contribution is -2.35. The van der Waals surface area contributed by atoms with E-state index in [2.05, 4.69) is 15.5 Å². The number of carbonyl (C=O) groups excluding carboxylic acids is 1. The van der Waals surface area contributed by atoms with E-state index in [1.165, 1.54) is 0 Å². The molecule has 0 aliphatic carbocycles. The van der Waals surface area contributed by atoms with Gasteiger partial charge in [-0.25, -0.2) is 4.79 Å². The van der Waals surface area contributed by atoms with E-state index in [0.717, 1.165) is 33.8 Å². The van der Waals surface area contributed by atoms with Gasteiger partial charge in [-0.05, 0) is 42.3 Å². The molecule has 0 bridgehead atoms. The maximum Gasteiger partial charge on any atom is 0.322 e. The fraction of sp³-hybridized carbons (Fsp3) is 0.304. The monoisotopic (exact) mass is 422 g/mol. The van der Waals surface area contributed by atoms with Crippen molar-refractivity contribution in [3.63, 3.8) is 0 Å². The highest BCUT2D eigenvalue weighted by Crippen LogP contribution is 2.31. The molecule has 0 radical (unpaired) electrons. The number of nitrogens with two attached hydrogens (primary N) is 1. The van der Waals surface area contributed by atoms with Crippen molar-refractivity contribution in [1.82, 2.24) is 15.1 Å². The Morgan fingerprint density at radius 1 is 1.23 bits per heavy atom. The molecular formula is C23H30N6O2. The Balaban J connectivity index is 1.82. The van der Waals surface area contributed by atoms with Crippen LogP contribution in [-0.4, -0.2) is 54.9 Å². The quantitative estimate of drug-likeness (QED) is 0.490. The number of hydrogen-bond acceptors (Lipinski definition) is 5. The minimum Gasteiger partial charge on any atom is -0.497 e. The number of rotatable bonds is 9. The van der Waals surface area contributed by atoms with E-state index >= 15 is 0 Å². The molecule has 31 heavy (non-hydrogen) atoms. The van der Waals surface area contributed by atoms with Crippen LogP contribution >= 0.6 is 0 Å². The van der Waals surface area contributed by atoms with Crippen LogP contribution in [-0.2, 0) is 6.54 Å². The maximum absolute atomic E-state index is 13.1. The van der Waals surface area contributed by atoms with Crippen molar-refractivity contribution in [1.29, 1.82) is 0 Å². The number of amides is 2. The lowest BCUT2D eigenvalue weighted by atomic mass is 10.1. The summed E-state index contributed by atoms with van der Waals surface area (Å²) in [6, 6.07) is 13.5. The second kappa shape index (κ2) is 10.5. The summed E-state index contributed by atoms with van der Waals surface area (Å²) in [4.78, 5) is 16.9. The number of anilines is 2. The number of H-pyrrole nitrogens is 1. The third-order valence-electron chi connectivity index (χ3n) is 5.12. The Kier molecular flexibility index (Phi) is 7.50. The van der Waals surface area contributed by atoms with E-state index in [-0.39, 0.29) is 6.03 Å². The van der Waals surface area contributed by atoms with Gasteiger partial charge in [0.05, 0.1) is 24.7 Å². The van der Waals surface area contributed by atoms with Crippen molar-refractivity contribution in [3.8, 4) is 16.9 Å². The van der Waals surface area contributed by atoms with Crippen LogP contribution in [0.1, 0.15) is 12.5 Å². The van der Waals surface area contributed by atoms with Gasteiger partial charge in [0.15, 0.2) is 0 Å². The minimum atomic E-state index is -0.163. The van der Waals surface area contributed by atoms with Crippen LogP contribution < -0.4 is 20.7 Å². The van der Waals surface area contributed by atoms with Crippen LogP contribution in [0.4, 0.5) is 16.2 Å². The first kappa shape index (κ1) is 22.2. The zero-order valence-electron chi connectivity index (χ0n) is 18.3. The summed E-state index contributed by atoms with van der Waals surface area (Å²) in [6.07, 6.45) is 3.61. The van der Waals surface area contributed by atoms with Gasteiger partial charge in [0.1, 0.15) is 5.75 Å². The first-order chi connectivity index (χ1) is 15.0. The van der Waals surface area contributed by atoms with Crippen LogP contribution in [0.2, 0.25) is 0 Å². The molecule has 0 aliphatic heterocycles. The Bertz CT molecular complexity index is 989. The average molecular weight is 423 g/mol. The lowest BCUT2D eigenvalue weighted by molar-refractivity contribution is 0.212. The molecule has 0 spiro atoms. The first-order valence-electron chi connectivity index (χ1n) is 10.3. The highest BCUT2D eigenvalue weighted by atomic mass is 16.5. The molecule has 1 heterocycles. The van der Waals surface area contributed by atoms with Crippen LogP contribution in [0.15, 0.2) is 54.9 Å². The van der Waals surface area contributed by atoms with E-state index < -0.39 is 0 Å². The van der Waals surface area contributed by atoms with Crippen molar-refractivity contribution in [2.45, 2.75) is 13.5 Å². The van der Waals surface area contributed by atoms with Crippen molar-refractivity contribution in [2.75, 3.05) is 44.0 Å². The van der Waals surface area contributed by atoms with E-state index in [4.69, 9.17) is 10.5 Å². The van der Waals surface area contributed by atoms with Crippen molar-refractivity contribution >= 4 is 17.4 Å². The van der Waals surface area contributed by atoms with Crippen LogP contribution in [0.5, 0.6) is 5.75 Å². The van der Waals surface area contributed by atoms with Gasteiger partial charge in [-0.1, -0.05) is 18.2 Å². The molecule has 0 atom stereocenters. The molecule has 1 aromatic heterocycles. The summed E-state index contributed by atoms with van der Waals surface area (Å²) in [6.45, 7) is 4.20. The Morgan fingerprint density at radius 3 is 2.74 bits per heavy atom. The van der Waals surface area contributed by atoms with Gasteiger partial charge in [0.2, 0.25) is 0 Å². The summed E-state index contributed by atoms with van der Waals surface area (Å²) < 4.78 is 5.29. The van der Waals surface area contributed by atoms with E-state index in [9.17, 15) is 4.79 Å². The fourth-order valence-electron chi connectivity index (χ4n) is 3.37. The number of aromatic amines is 1. The largest absolute Gasteiger partial charge is 0.497 e. The highest BCUT2D eigenvalue weighted by Gasteiger charge is 2.17. The van der Waals surface area contributed by atoms with Gasteiger partial charge < -0.3 is 25.6 Å². The smallest absolute Gasteiger partial charge is 0.322 e. The topological polar surface area (TPSA) is 99.5 Å². The summed E-state index contributed by atoms with van der Waals surface area (Å²) >= 11 is 0. The fourth-order valence-corrected chi connectivity index (χ4v) is 3.37. The predicted molar refractivity (Wildman–Crippen MR) is 124 cm³/mol. The molecule has 8 nitrogen and oxygen atoms in total. The molecule has 2 amide bonds. The zero-order chi connectivity index (χ0) is 22.2. The zero-order valence-corrected chi connectivity index (χ0v) is 18.3. The molecule has 0 fully saturated rings. The van der Waals surface area contributed by atoms with Gasteiger partial charge in [-0.2, -0.15) is 5.10 Å². The van der Waals surface area contributed by atoms with Crippen LogP contribution in [0.3, 0.4) is 0 Å². The van der Waals surface area contributed by atoms with Crippen LogP contribution in [0.25, 0.3) is 11.1 Å². The van der Waals surface area contributed by atoms with E-state index in [1.807, 2.05) is 67.5 Å². The third-order valence-corrected chi connectivity index (χ3v) is 5.12. The van der Waals surface area contributed by atoms with Gasteiger partial charge in [0, 0.05) is 45.0 Å².